The molecule has 0 aromatic carbocycles. The molecule has 0 aliphatic heterocycles. The molecule has 0 fully saturated rings. The third-order valence-corrected chi connectivity index (χ3v) is 3.22. The average Bonchev–Trinajstić information content (AvgIpc) is 2.61. The van der Waals surface area contributed by atoms with Crippen LogP contribution in [0.1, 0.15) is 42.9 Å². The monoisotopic (exact) mass is 206 g/mol. The van der Waals surface area contributed by atoms with Crippen LogP contribution in [-0.4, -0.2) is 0 Å². The molecule has 0 bridgehead atoms. The van der Waals surface area contributed by atoms with Crippen molar-refractivity contribution in [2.45, 2.75) is 46.0 Å². The van der Waals surface area contributed by atoms with Gasteiger partial charge in [-0.05, 0) is 25.0 Å². The first-order chi connectivity index (χ1) is 6.86. The maximum Gasteiger partial charge on any atom is 0.0137 e. The molecule has 0 unspecified atom stereocenters. The molecule has 1 heterocycles. The third kappa shape index (κ3) is 3.98. The molecule has 0 N–H and O–H groups in total. The van der Waals surface area contributed by atoms with Crippen LogP contribution in [0.15, 0.2) is 12.1 Å². The van der Waals surface area contributed by atoms with Gasteiger partial charge in [-0.1, -0.05) is 20.3 Å². The molecule has 1 rings (SSSR count). The first kappa shape index (κ1) is 11.3. The van der Waals surface area contributed by atoms with Crippen LogP contribution in [-0.2, 0) is 12.8 Å². The minimum Gasteiger partial charge on any atom is -0.145 e. The Hall–Kier alpha value is -0.740. The summed E-state index contributed by atoms with van der Waals surface area (Å²) < 4.78 is 0. The second-order valence-electron chi connectivity index (χ2n) is 3.33. The molecule has 0 saturated carbocycles. The van der Waals surface area contributed by atoms with Crippen molar-refractivity contribution in [2.75, 3.05) is 0 Å². The SMILES string of the molecule is CCC#CCCc1ccc(CCC)s1. The lowest BCUT2D eigenvalue weighted by atomic mass is 10.2. The summed E-state index contributed by atoms with van der Waals surface area (Å²) in [5.74, 6) is 6.29. The largest absolute Gasteiger partial charge is 0.145 e. The minimum absolute atomic E-state index is 0.978. The Balaban J connectivity index is 2.35. The summed E-state index contributed by atoms with van der Waals surface area (Å²) in [7, 11) is 0. The van der Waals surface area contributed by atoms with Crippen LogP contribution >= 0.6 is 11.3 Å². The molecule has 0 saturated heterocycles. The van der Waals surface area contributed by atoms with Crippen molar-refractivity contribution in [1.82, 2.24) is 0 Å². The lowest BCUT2D eigenvalue weighted by molar-refractivity contribution is 0.940. The number of hydrogen-bond acceptors (Lipinski definition) is 1. The fourth-order valence-corrected chi connectivity index (χ4v) is 2.46. The average molecular weight is 206 g/mol. The molecule has 0 amide bonds. The Morgan fingerprint density at radius 1 is 1.07 bits per heavy atom. The lowest BCUT2D eigenvalue weighted by Crippen LogP contribution is -1.76. The normalized spacial score (nSPS) is 9.57. The summed E-state index contributed by atoms with van der Waals surface area (Å²) in [6.07, 6.45) is 5.59. The highest BCUT2D eigenvalue weighted by Gasteiger charge is 1.97. The van der Waals surface area contributed by atoms with Gasteiger partial charge in [0.05, 0.1) is 0 Å². The first-order valence-electron chi connectivity index (χ1n) is 5.40. The van der Waals surface area contributed by atoms with Gasteiger partial charge in [0, 0.05) is 22.6 Å². The van der Waals surface area contributed by atoms with Gasteiger partial charge >= 0.3 is 0 Å². The van der Waals surface area contributed by atoms with Crippen molar-refractivity contribution in [3.05, 3.63) is 21.9 Å². The van der Waals surface area contributed by atoms with E-state index in [4.69, 9.17) is 0 Å². The number of aryl methyl sites for hydroxylation is 2. The second-order valence-corrected chi connectivity index (χ2v) is 4.58. The summed E-state index contributed by atoms with van der Waals surface area (Å²) >= 11 is 1.95. The molecular weight excluding hydrogens is 188 g/mol. The van der Waals surface area contributed by atoms with Crippen molar-refractivity contribution in [1.29, 1.82) is 0 Å². The van der Waals surface area contributed by atoms with Gasteiger partial charge in [-0.25, -0.2) is 0 Å². The van der Waals surface area contributed by atoms with Crippen LogP contribution in [0.4, 0.5) is 0 Å². The summed E-state index contributed by atoms with van der Waals surface area (Å²) in [5, 5.41) is 0. The van der Waals surface area contributed by atoms with Crippen LogP contribution < -0.4 is 0 Å². The third-order valence-electron chi connectivity index (χ3n) is 2.01. The second kappa shape index (κ2) is 6.68. The number of hydrogen-bond donors (Lipinski definition) is 0. The van der Waals surface area contributed by atoms with Gasteiger partial charge in [-0.15, -0.1) is 23.2 Å². The van der Waals surface area contributed by atoms with Crippen molar-refractivity contribution in [2.24, 2.45) is 0 Å². The molecule has 0 radical (unpaired) electrons. The van der Waals surface area contributed by atoms with Crippen LogP contribution in [0.5, 0.6) is 0 Å². The van der Waals surface area contributed by atoms with Gasteiger partial charge in [0.2, 0.25) is 0 Å². The Morgan fingerprint density at radius 2 is 1.79 bits per heavy atom. The van der Waals surface area contributed by atoms with E-state index < -0.39 is 0 Å². The minimum atomic E-state index is 0.978. The van der Waals surface area contributed by atoms with Gasteiger partial charge in [-0.3, -0.25) is 0 Å². The molecule has 0 spiro atoms. The topological polar surface area (TPSA) is 0 Å². The zero-order chi connectivity index (χ0) is 10.2. The molecule has 76 valence electrons. The molecular formula is C13H18S. The highest BCUT2D eigenvalue weighted by molar-refractivity contribution is 7.11. The molecule has 0 atom stereocenters. The van der Waals surface area contributed by atoms with E-state index in [1.165, 1.54) is 22.6 Å². The van der Waals surface area contributed by atoms with E-state index in [1.54, 1.807) is 0 Å². The van der Waals surface area contributed by atoms with Crippen molar-refractivity contribution in [3.63, 3.8) is 0 Å². The summed E-state index contributed by atoms with van der Waals surface area (Å²) in [6, 6.07) is 4.51. The van der Waals surface area contributed by atoms with Crippen molar-refractivity contribution < 1.29 is 0 Å². The predicted molar refractivity (Wildman–Crippen MR) is 64.7 cm³/mol. The molecule has 0 aliphatic carbocycles. The zero-order valence-corrected chi connectivity index (χ0v) is 9.91. The molecule has 0 nitrogen and oxygen atoms in total. The van der Waals surface area contributed by atoms with Gasteiger partial charge in [0.1, 0.15) is 0 Å². The summed E-state index contributed by atoms with van der Waals surface area (Å²) in [6.45, 7) is 4.32. The van der Waals surface area contributed by atoms with Crippen LogP contribution in [0.25, 0.3) is 0 Å². The van der Waals surface area contributed by atoms with E-state index in [2.05, 4.69) is 37.8 Å². The van der Waals surface area contributed by atoms with Crippen molar-refractivity contribution >= 4 is 11.3 Å². The molecule has 0 aliphatic rings. The molecule has 1 aromatic heterocycles. The summed E-state index contributed by atoms with van der Waals surface area (Å²) in [4.78, 5) is 3.00. The zero-order valence-electron chi connectivity index (χ0n) is 9.10. The summed E-state index contributed by atoms with van der Waals surface area (Å²) in [5.41, 5.74) is 0. The highest BCUT2D eigenvalue weighted by atomic mass is 32.1. The molecule has 14 heavy (non-hydrogen) atoms. The van der Waals surface area contributed by atoms with E-state index in [0.717, 1.165) is 19.3 Å². The maximum atomic E-state index is 3.18. The number of rotatable bonds is 4. The van der Waals surface area contributed by atoms with Gasteiger partial charge in [0.25, 0.3) is 0 Å². The van der Waals surface area contributed by atoms with E-state index in [0.29, 0.717) is 0 Å². The smallest absolute Gasteiger partial charge is 0.0137 e. The Kier molecular flexibility index (Phi) is 5.40. The Morgan fingerprint density at radius 3 is 2.43 bits per heavy atom. The Labute approximate surface area is 91.4 Å². The fraction of sp³-hybridized carbons (Fsp3) is 0.538. The van der Waals surface area contributed by atoms with E-state index >= 15 is 0 Å². The highest BCUT2D eigenvalue weighted by Crippen LogP contribution is 2.19. The van der Waals surface area contributed by atoms with E-state index in [1.807, 2.05) is 11.3 Å². The predicted octanol–water partition coefficient (Wildman–Crippen LogP) is 4.05. The quantitative estimate of drug-likeness (QED) is 0.652. The Bertz CT molecular complexity index is 311. The first-order valence-corrected chi connectivity index (χ1v) is 6.21. The fourth-order valence-electron chi connectivity index (χ4n) is 1.34. The van der Waals surface area contributed by atoms with Crippen LogP contribution in [0.3, 0.4) is 0 Å². The molecule has 1 heteroatoms. The molecule has 1 aromatic rings. The standard InChI is InChI=1S/C13H18S/c1-3-5-6-7-9-13-11-10-12(14-13)8-4-2/h10-11H,3-4,7-9H2,1-2H3. The van der Waals surface area contributed by atoms with Crippen LogP contribution in [0, 0.1) is 11.8 Å². The van der Waals surface area contributed by atoms with E-state index in [-0.39, 0.29) is 0 Å². The lowest BCUT2D eigenvalue weighted by Gasteiger charge is -1.90. The van der Waals surface area contributed by atoms with Crippen molar-refractivity contribution in [3.8, 4) is 11.8 Å². The van der Waals surface area contributed by atoms with Gasteiger partial charge in [0.15, 0.2) is 0 Å². The van der Waals surface area contributed by atoms with E-state index in [9.17, 15) is 0 Å². The van der Waals surface area contributed by atoms with Crippen LogP contribution in [0.2, 0.25) is 0 Å². The number of thiophene rings is 1. The van der Waals surface area contributed by atoms with Gasteiger partial charge in [-0.2, -0.15) is 0 Å². The maximum absolute atomic E-state index is 3.18. The van der Waals surface area contributed by atoms with Gasteiger partial charge < -0.3 is 0 Å².